The van der Waals surface area contributed by atoms with E-state index in [1.807, 2.05) is 0 Å². The Bertz CT molecular complexity index is 3940. The van der Waals surface area contributed by atoms with E-state index in [0.717, 1.165) is 23.5 Å². The number of hydrogen-bond donors (Lipinski definition) is 0. The number of rotatable bonds is 28. The molecule has 12 rings (SSSR count). The molecule has 8 aromatic rings. The van der Waals surface area contributed by atoms with E-state index in [1.165, 1.54) is 0 Å². The van der Waals surface area contributed by atoms with Crippen LogP contribution in [0.15, 0.2) is 243 Å². The molecule has 2 saturated carbocycles. The van der Waals surface area contributed by atoms with Gasteiger partial charge in [-0.05, 0) is 148 Å². The Labute approximate surface area is 639 Å². The molecule has 10 atom stereocenters. The van der Waals surface area contributed by atoms with Gasteiger partial charge < -0.3 is 47.4 Å². The summed E-state index contributed by atoms with van der Waals surface area (Å²) in [6.07, 6.45) is 3.27. The van der Waals surface area contributed by atoms with E-state index in [9.17, 15) is 47.9 Å². The smallest absolute Gasteiger partial charge is 0.459 e. The summed E-state index contributed by atoms with van der Waals surface area (Å²) in [5, 5.41) is 0. The SMILES string of the molecule is O=C(CCS[C@@H]1O[C@H](COC(=O)c2ccccc2)[C@@H](OC(=O)c2ccccc2)[C@H](OC(=O)c2ccccc2)[C@H]1OC(=O)c1ccccc1)[C]1[CH][CH][CH][CH]1.O=C(CCS[C@@H]1O[C@H](COC(=O)c2ccccc2)[C@@H](OC(=O)c2ccccc2)[C@H](OC(=O)c2ccccc2)[C@H]1OC(=O)c1ccccc1)[C]1[CH][CH][CH][CH]1.[Fe+2]. The number of benzene rings is 8. The number of hydrogen-bond acceptors (Lipinski definition) is 22. The van der Waals surface area contributed by atoms with Gasteiger partial charge in [0.1, 0.15) is 47.9 Å². The van der Waals surface area contributed by atoms with Crippen molar-refractivity contribution in [3.05, 3.63) is 350 Å². The molecule has 8 aromatic carbocycles. The Hall–Kier alpha value is -10.0. The third kappa shape index (κ3) is 22.5. The van der Waals surface area contributed by atoms with Gasteiger partial charge in [-0.1, -0.05) is 146 Å². The van der Waals surface area contributed by atoms with Gasteiger partial charge in [0.25, 0.3) is 0 Å². The van der Waals surface area contributed by atoms with Gasteiger partial charge >= 0.3 is 64.8 Å². The zero-order chi connectivity index (χ0) is 74.0. The Morgan fingerprint density at radius 1 is 0.271 bits per heavy atom. The molecule has 0 aromatic heterocycles. The molecule has 0 N–H and O–H groups in total. The molecule has 0 amide bonds. The van der Waals surface area contributed by atoms with Crippen LogP contribution >= 0.6 is 23.5 Å². The van der Waals surface area contributed by atoms with Gasteiger partial charge in [-0.25, -0.2) is 38.4 Å². The Morgan fingerprint density at radius 3 is 0.710 bits per heavy atom. The zero-order valence-electron chi connectivity index (χ0n) is 57.1. The maximum Gasteiger partial charge on any atom is 2.00 e. The Kier molecular flexibility index (Phi) is 30.2. The van der Waals surface area contributed by atoms with Gasteiger partial charge in [-0.15, -0.1) is 23.5 Å². The van der Waals surface area contributed by atoms with E-state index in [1.54, 1.807) is 294 Å². The number of ketones is 2. The van der Waals surface area contributed by atoms with Crippen LogP contribution in [0.25, 0.3) is 0 Å². The topological polar surface area (TPSA) is 263 Å². The number of esters is 8. The van der Waals surface area contributed by atoms with Crippen LogP contribution in [0.3, 0.4) is 0 Å². The second-order valence-electron chi connectivity index (χ2n) is 23.9. The molecule has 23 heteroatoms. The van der Waals surface area contributed by atoms with Gasteiger partial charge in [-0.3, -0.25) is 9.59 Å². The number of carbonyl (C=O) groups is 10. The number of thioether (sulfide) groups is 2. The van der Waals surface area contributed by atoms with Gasteiger partial charge in [0.05, 0.1) is 44.5 Å². The van der Waals surface area contributed by atoms with E-state index in [2.05, 4.69) is 0 Å². The third-order valence-electron chi connectivity index (χ3n) is 16.7. The molecular weight excluding hydrogens is 1450 g/mol. The minimum Gasteiger partial charge on any atom is -0.459 e. The molecule has 2 aliphatic heterocycles. The van der Waals surface area contributed by atoms with Crippen LogP contribution in [0.2, 0.25) is 0 Å². The fourth-order valence-corrected chi connectivity index (χ4v) is 13.6. The maximum absolute atomic E-state index is 13.7. The first-order chi connectivity index (χ1) is 51.7. The fourth-order valence-electron chi connectivity index (χ4n) is 11.3. The number of ether oxygens (including phenoxy) is 10. The molecule has 0 bridgehead atoms. The summed E-state index contributed by atoms with van der Waals surface area (Å²) in [7, 11) is 0. The summed E-state index contributed by atoms with van der Waals surface area (Å²) >= 11 is 2.31. The van der Waals surface area contributed by atoms with Crippen molar-refractivity contribution < 1.29 is 112 Å². The van der Waals surface area contributed by atoms with E-state index in [4.69, 9.17) is 47.4 Å². The molecule has 4 aliphatic rings. The van der Waals surface area contributed by atoms with Crippen molar-refractivity contribution in [3.63, 3.8) is 0 Å². The van der Waals surface area contributed by atoms with Crippen LogP contribution in [0.5, 0.6) is 0 Å². The first kappa shape index (κ1) is 79.6. The van der Waals surface area contributed by atoms with Crippen LogP contribution < -0.4 is 0 Å². The summed E-state index contributed by atoms with van der Waals surface area (Å²) in [4.78, 5) is 134. The summed E-state index contributed by atoms with van der Waals surface area (Å²) in [6, 6.07) is 65.7. The first-order valence-corrected chi connectivity index (χ1v) is 35.9. The molecule has 2 heterocycles. The van der Waals surface area contributed by atoms with Gasteiger partial charge in [0.2, 0.25) is 0 Å². The van der Waals surface area contributed by atoms with E-state index < -0.39 is 121 Å². The number of carbonyl (C=O) groups excluding carboxylic acids is 10. The Morgan fingerprint density at radius 2 is 0.477 bits per heavy atom. The molecule has 107 heavy (non-hydrogen) atoms. The molecule has 0 unspecified atom stereocenters. The quantitative estimate of drug-likeness (QED) is 0.0250. The van der Waals surface area contributed by atoms with Crippen molar-refractivity contribution in [2.24, 2.45) is 0 Å². The van der Waals surface area contributed by atoms with Gasteiger partial charge in [0.15, 0.2) is 36.6 Å². The van der Waals surface area contributed by atoms with Crippen molar-refractivity contribution in [1.29, 1.82) is 0 Å². The standard InChI is InChI=1S/2C42H35O10S.Fe/c2*43-33(28-15-13-14-16-28)25-26-53-42-37(52-41(47)32-23-11-4-12-24-32)36(51-40(46)31-21-9-3-10-22-31)35(50-39(45)30-19-7-2-8-20-30)34(49-42)27-48-38(44)29-17-5-1-6-18-29;/h2*1-24,34-37,42H,25-27H2;/q;;+2/t2*34-,35-,36+,37-,42+;/m11./s1. The predicted molar refractivity (Wildman–Crippen MR) is 390 cm³/mol. The second kappa shape index (κ2) is 40.6. The predicted octanol–water partition coefficient (Wildman–Crippen LogP) is 12.7. The molecular formula is C84H70FeO20S2+2. The van der Waals surface area contributed by atoms with E-state index in [-0.39, 0.29) is 97.5 Å². The van der Waals surface area contributed by atoms with E-state index in [0.29, 0.717) is 11.8 Å². The van der Waals surface area contributed by atoms with Gasteiger partial charge in [0, 0.05) is 36.2 Å². The van der Waals surface area contributed by atoms with Crippen molar-refractivity contribution in [2.45, 2.75) is 72.5 Å². The minimum absolute atomic E-state index is 0. The van der Waals surface area contributed by atoms with Crippen molar-refractivity contribution in [1.82, 2.24) is 0 Å². The van der Waals surface area contributed by atoms with Crippen molar-refractivity contribution >= 4 is 82.8 Å². The minimum atomic E-state index is -1.46. The monoisotopic (exact) mass is 1520 g/mol. The molecule has 544 valence electrons. The number of Topliss-reactive ketones (excluding diaryl/α,β-unsaturated/α-hetero) is 2. The average molecular weight is 1520 g/mol. The van der Waals surface area contributed by atoms with Crippen LogP contribution in [-0.2, 0) is 74.0 Å². The maximum atomic E-state index is 13.7. The summed E-state index contributed by atoms with van der Waals surface area (Å²) in [5.74, 6) is -4.62. The average Bonchev–Trinajstić information content (AvgIpc) is 1.37. The molecule has 2 aliphatic carbocycles. The van der Waals surface area contributed by atoms with Crippen molar-refractivity contribution in [2.75, 3.05) is 24.7 Å². The fraction of sp³-hybridized carbons (Fsp3) is 0.190. The molecule has 0 spiro atoms. The van der Waals surface area contributed by atoms with Crippen molar-refractivity contribution in [3.8, 4) is 0 Å². The van der Waals surface area contributed by atoms with E-state index >= 15 is 0 Å². The molecule has 2 saturated heterocycles. The van der Waals surface area contributed by atoms with Crippen LogP contribution in [-0.4, -0.2) is 144 Å². The van der Waals surface area contributed by atoms with Crippen LogP contribution in [0.4, 0.5) is 0 Å². The van der Waals surface area contributed by atoms with Crippen LogP contribution in [0.1, 0.15) is 95.7 Å². The first-order valence-electron chi connectivity index (χ1n) is 33.8. The van der Waals surface area contributed by atoms with Crippen LogP contribution in [0, 0.1) is 63.2 Å². The largest absolute Gasteiger partial charge is 2.00 e. The van der Waals surface area contributed by atoms with Gasteiger partial charge in [-0.2, -0.15) is 0 Å². The summed E-state index contributed by atoms with van der Waals surface area (Å²) in [6.45, 7) is -0.856. The molecule has 10 radical (unpaired) electrons. The zero-order valence-corrected chi connectivity index (χ0v) is 59.8. The molecule has 4 fully saturated rings. The third-order valence-corrected chi connectivity index (χ3v) is 19.0. The second-order valence-corrected chi connectivity index (χ2v) is 26.3. The molecule has 20 nitrogen and oxygen atoms in total. The summed E-state index contributed by atoms with van der Waals surface area (Å²) < 4.78 is 60.8. The normalized spacial score (nSPS) is 21.0. The Balaban J connectivity index is 0.000000227. The summed E-state index contributed by atoms with van der Waals surface area (Å²) in [5.41, 5.74) is -0.387.